The van der Waals surface area contributed by atoms with Gasteiger partial charge >= 0.3 is 0 Å². The van der Waals surface area contributed by atoms with E-state index in [1.807, 2.05) is 6.07 Å². The highest BCUT2D eigenvalue weighted by atomic mass is 14.7. The minimum Gasteiger partial charge on any atom is -0.256 e. The molecule has 0 saturated heterocycles. The third-order valence-electron chi connectivity index (χ3n) is 1.67. The molecule has 1 aromatic rings. The Kier molecular flexibility index (Phi) is 2.59. The van der Waals surface area contributed by atoms with Crippen molar-refractivity contribution in [3.05, 3.63) is 48.8 Å². The summed E-state index contributed by atoms with van der Waals surface area (Å²) in [7, 11) is 0. The van der Waals surface area contributed by atoms with E-state index in [9.17, 15) is 0 Å². The van der Waals surface area contributed by atoms with Gasteiger partial charge < -0.3 is 0 Å². The molecule has 0 atom stereocenters. The highest BCUT2D eigenvalue weighted by molar-refractivity contribution is 5.70. The number of nitrogens with zero attached hydrogens (tertiary/aromatic N) is 1. The second-order valence-electron chi connectivity index (χ2n) is 2.31. The lowest BCUT2D eigenvalue weighted by Crippen LogP contribution is -1.88. The van der Waals surface area contributed by atoms with Crippen LogP contribution >= 0.6 is 0 Å². The van der Waals surface area contributed by atoms with E-state index in [0.29, 0.717) is 0 Å². The maximum Gasteiger partial charge on any atom is 0.0701 e. The van der Waals surface area contributed by atoms with Gasteiger partial charge in [0, 0.05) is 11.8 Å². The molecule has 0 saturated carbocycles. The van der Waals surface area contributed by atoms with E-state index in [2.05, 4.69) is 24.7 Å². The predicted octanol–water partition coefficient (Wildman–Crippen LogP) is 3.01. The third kappa shape index (κ3) is 1.35. The summed E-state index contributed by atoms with van der Waals surface area (Å²) in [6.45, 7) is 11.1. The van der Waals surface area contributed by atoms with Crippen molar-refractivity contribution < 1.29 is 0 Å². The van der Waals surface area contributed by atoms with Crippen molar-refractivity contribution in [1.29, 1.82) is 0 Å². The molecule has 0 spiro atoms. The lowest BCUT2D eigenvalue weighted by atomic mass is 10.1. The molecule has 60 valence electrons. The normalized spacial score (nSPS) is 9.00. The smallest absolute Gasteiger partial charge is 0.0701 e. The first-order valence-corrected chi connectivity index (χ1v) is 3.69. The molecule has 1 rings (SSSR count). The first-order chi connectivity index (χ1) is 5.83. The van der Waals surface area contributed by atoms with Crippen LogP contribution in [0.2, 0.25) is 0 Å². The molecular formula is C11H11N. The van der Waals surface area contributed by atoms with Gasteiger partial charge in [-0.3, -0.25) is 4.98 Å². The molecule has 0 aliphatic carbocycles. The summed E-state index contributed by atoms with van der Waals surface area (Å²) in [5, 5.41) is 0. The lowest BCUT2D eigenvalue weighted by molar-refractivity contribution is 1.28. The molecule has 1 heteroatoms. The molecule has 1 aromatic heterocycles. The SMILES string of the molecule is C=Cc1ccnc(C=C)c1C=C. The van der Waals surface area contributed by atoms with Crippen molar-refractivity contribution in [1.82, 2.24) is 4.98 Å². The average molecular weight is 157 g/mol. The van der Waals surface area contributed by atoms with Gasteiger partial charge in [-0.2, -0.15) is 0 Å². The van der Waals surface area contributed by atoms with Gasteiger partial charge in [-0.15, -0.1) is 0 Å². The second kappa shape index (κ2) is 3.67. The van der Waals surface area contributed by atoms with Crippen LogP contribution in [0.3, 0.4) is 0 Å². The van der Waals surface area contributed by atoms with Gasteiger partial charge in [0.05, 0.1) is 5.69 Å². The number of rotatable bonds is 3. The minimum absolute atomic E-state index is 0.849. The molecule has 0 aromatic carbocycles. The van der Waals surface area contributed by atoms with Gasteiger partial charge in [0.2, 0.25) is 0 Å². The van der Waals surface area contributed by atoms with Gasteiger partial charge in [0.25, 0.3) is 0 Å². The zero-order chi connectivity index (χ0) is 8.97. The van der Waals surface area contributed by atoms with Crippen LogP contribution < -0.4 is 0 Å². The zero-order valence-electron chi connectivity index (χ0n) is 6.96. The van der Waals surface area contributed by atoms with Crippen LogP contribution in [0, 0.1) is 0 Å². The molecule has 1 heterocycles. The summed E-state index contributed by atoms with van der Waals surface area (Å²) < 4.78 is 0. The molecule has 0 aliphatic rings. The summed E-state index contributed by atoms with van der Waals surface area (Å²) in [4.78, 5) is 4.14. The zero-order valence-corrected chi connectivity index (χ0v) is 6.96. The molecular weight excluding hydrogens is 146 g/mol. The quantitative estimate of drug-likeness (QED) is 0.657. The molecule has 1 nitrogen and oxygen atoms in total. The van der Waals surface area contributed by atoms with Gasteiger partial charge in [-0.25, -0.2) is 0 Å². The van der Waals surface area contributed by atoms with Crippen molar-refractivity contribution >= 4 is 18.2 Å². The molecule has 0 bridgehead atoms. The Bertz CT molecular complexity index is 298. The van der Waals surface area contributed by atoms with Gasteiger partial charge in [-0.1, -0.05) is 31.9 Å². The topological polar surface area (TPSA) is 12.9 Å². The van der Waals surface area contributed by atoms with Crippen LogP contribution in [0.4, 0.5) is 0 Å². The fourth-order valence-electron chi connectivity index (χ4n) is 1.07. The number of aromatic nitrogens is 1. The van der Waals surface area contributed by atoms with Crippen LogP contribution in [0.15, 0.2) is 32.0 Å². The number of hydrogen-bond acceptors (Lipinski definition) is 1. The van der Waals surface area contributed by atoms with E-state index in [1.54, 1.807) is 24.4 Å². The fourth-order valence-corrected chi connectivity index (χ4v) is 1.07. The summed E-state index contributed by atoms with van der Waals surface area (Å²) >= 11 is 0. The minimum atomic E-state index is 0.849. The van der Waals surface area contributed by atoms with Crippen molar-refractivity contribution in [2.75, 3.05) is 0 Å². The molecule has 0 N–H and O–H groups in total. The number of hydrogen-bond donors (Lipinski definition) is 0. The van der Waals surface area contributed by atoms with E-state index in [4.69, 9.17) is 0 Å². The monoisotopic (exact) mass is 157 g/mol. The van der Waals surface area contributed by atoms with Crippen LogP contribution in [0.25, 0.3) is 18.2 Å². The number of pyridine rings is 1. The predicted molar refractivity (Wildman–Crippen MR) is 54.5 cm³/mol. The Morgan fingerprint density at radius 1 is 1.08 bits per heavy atom. The van der Waals surface area contributed by atoms with Gasteiger partial charge in [0.1, 0.15) is 0 Å². The van der Waals surface area contributed by atoms with Crippen molar-refractivity contribution in [2.45, 2.75) is 0 Å². The van der Waals surface area contributed by atoms with Crippen molar-refractivity contribution in [3.8, 4) is 0 Å². The highest BCUT2D eigenvalue weighted by Gasteiger charge is 1.99. The maximum atomic E-state index is 4.14. The van der Waals surface area contributed by atoms with E-state index in [0.717, 1.165) is 16.8 Å². The summed E-state index contributed by atoms with van der Waals surface area (Å²) in [6.07, 6.45) is 7.00. The Labute approximate surface area is 72.8 Å². The molecule has 0 radical (unpaired) electrons. The van der Waals surface area contributed by atoms with E-state index >= 15 is 0 Å². The molecule has 0 fully saturated rings. The van der Waals surface area contributed by atoms with E-state index in [-0.39, 0.29) is 0 Å². The molecule has 0 aliphatic heterocycles. The maximum absolute atomic E-state index is 4.14. The van der Waals surface area contributed by atoms with Crippen LogP contribution in [0.5, 0.6) is 0 Å². The third-order valence-corrected chi connectivity index (χ3v) is 1.67. The van der Waals surface area contributed by atoms with Crippen molar-refractivity contribution in [3.63, 3.8) is 0 Å². The summed E-state index contributed by atoms with van der Waals surface area (Å²) in [5.41, 5.74) is 2.87. The summed E-state index contributed by atoms with van der Waals surface area (Å²) in [6, 6.07) is 1.90. The largest absolute Gasteiger partial charge is 0.256 e. The first kappa shape index (κ1) is 8.47. The fraction of sp³-hybridized carbons (Fsp3) is 0. The molecule has 0 unspecified atom stereocenters. The summed E-state index contributed by atoms with van der Waals surface area (Å²) in [5.74, 6) is 0. The highest BCUT2D eigenvalue weighted by Crippen LogP contribution is 2.15. The standard InChI is InChI=1S/C11H11N/c1-4-9-7-8-12-11(6-3)10(9)5-2/h4-8H,1-3H2. The first-order valence-electron chi connectivity index (χ1n) is 3.69. The Morgan fingerprint density at radius 3 is 2.33 bits per heavy atom. The average Bonchev–Trinajstić information content (AvgIpc) is 2.16. The van der Waals surface area contributed by atoms with E-state index < -0.39 is 0 Å². The van der Waals surface area contributed by atoms with Crippen LogP contribution in [-0.4, -0.2) is 4.98 Å². The van der Waals surface area contributed by atoms with E-state index in [1.165, 1.54) is 0 Å². The van der Waals surface area contributed by atoms with Gasteiger partial charge in [-0.05, 0) is 17.7 Å². The Hall–Kier alpha value is -1.63. The Balaban J connectivity index is 3.40. The molecule has 12 heavy (non-hydrogen) atoms. The lowest BCUT2D eigenvalue weighted by Gasteiger charge is -2.02. The van der Waals surface area contributed by atoms with Crippen molar-refractivity contribution in [2.24, 2.45) is 0 Å². The van der Waals surface area contributed by atoms with Crippen LogP contribution in [-0.2, 0) is 0 Å². The van der Waals surface area contributed by atoms with Gasteiger partial charge in [0.15, 0.2) is 0 Å². The molecule has 0 amide bonds. The van der Waals surface area contributed by atoms with Crippen LogP contribution in [0.1, 0.15) is 16.8 Å². The second-order valence-corrected chi connectivity index (χ2v) is 2.31. The Morgan fingerprint density at radius 2 is 1.83 bits per heavy atom.